The van der Waals surface area contributed by atoms with Crippen molar-refractivity contribution < 1.29 is 14.7 Å². The van der Waals surface area contributed by atoms with Gasteiger partial charge in [-0.1, -0.05) is 6.07 Å². The molecule has 1 amide bonds. The van der Waals surface area contributed by atoms with Gasteiger partial charge in [-0.2, -0.15) is 0 Å². The van der Waals surface area contributed by atoms with Gasteiger partial charge < -0.3 is 14.6 Å². The van der Waals surface area contributed by atoms with Gasteiger partial charge in [-0.15, -0.1) is 0 Å². The Balaban J connectivity index is 1.83. The van der Waals surface area contributed by atoms with Crippen molar-refractivity contribution in [1.82, 2.24) is 9.47 Å². The van der Waals surface area contributed by atoms with Crippen molar-refractivity contribution in [3.63, 3.8) is 0 Å². The molecule has 2 heterocycles. The van der Waals surface area contributed by atoms with E-state index in [0.29, 0.717) is 12.1 Å². The van der Waals surface area contributed by atoms with Gasteiger partial charge in [0.1, 0.15) is 0 Å². The van der Waals surface area contributed by atoms with Crippen molar-refractivity contribution >= 4 is 11.9 Å². The molecule has 5 nitrogen and oxygen atoms in total. The van der Waals surface area contributed by atoms with Crippen molar-refractivity contribution in [2.75, 3.05) is 6.54 Å². The average Bonchev–Trinajstić information content (AvgIpc) is 3.17. The Morgan fingerprint density at radius 2 is 1.95 bits per heavy atom. The summed E-state index contributed by atoms with van der Waals surface area (Å²) in [6.07, 6.45) is 5.48. The second-order valence-electron chi connectivity index (χ2n) is 5.53. The lowest BCUT2D eigenvalue weighted by Gasteiger charge is -2.23. The topological polar surface area (TPSA) is 62.5 Å². The van der Waals surface area contributed by atoms with Gasteiger partial charge >= 0.3 is 5.97 Å². The predicted molar refractivity (Wildman–Crippen MR) is 82.1 cm³/mol. The second-order valence-corrected chi connectivity index (χ2v) is 5.53. The SMILES string of the molecule is O=C(O)C[C@@H]1CCCN1C(=O)c1cccc(-n2cccc2)c1. The van der Waals surface area contributed by atoms with Crippen molar-refractivity contribution in [3.05, 3.63) is 54.4 Å². The summed E-state index contributed by atoms with van der Waals surface area (Å²) in [6, 6.07) is 11.1. The number of carbonyl (C=O) groups is 2. The maximum atomic E-state index is 12.7. The smallest absolute Gasteiger partial charge is 0.305 e. The molecule has 1 aliphatic heterocycles. The normalized spacial score (nSPS) is 17.6. The van der Waals surface area contributed by atoms with Crippen molar-refractivity contribution in [3.8, 4) is 5.69 Å². The Morgan fingerprint density at radius 3 is 2.68 bits per heavy atom. The van der Waals surface area contributed by atoms with Crippen LogP contribution in [0.15, 0.2) is 48.8 Å². The molecule has 0 spiro atoms. The first-order valence-electron chi connectivity index (χ1n) is 7.41. The Labute approximate surface area is 128 Å². The fraction of sp³-hybridized carbons (Fsp3) is 0.294. The number of likely N-dealkylation sites (tertiary alicyclic amines) is 1. The van der Waals surface area contributed by atoms with Crippen LogP contribution in [0.5, 0.6) is 0 Å². The number of aliphatic carboxylic acids is 1. The second kappa shape index (κ2) is 6.05. The van der Waals surface area contributed by atoms with Crippen molar-refractivity contribution in [1.29, 1.82) is 0 Å². The highest BCUT2D eigenvalue weighted by atomic mass is 16.4. The van der Waals surface area contributed by atoms with Gasteiger partial charge in [0.15, 0.2) is 0 Å². The Bertz CT molecular complexity index is 679. The number of carboxylic acids is 1. The standard InChI is InChI=1S/C17H18N2O3/c20-16(21)12-15-7-4-10-19(15)17(22)13-5-3-6-14(11-13)18-8-1-2-9-18/h1-3,5-6,8-9,11,15H,4,7,10,12H2,(H,20,21)/t15-/m0/s1. The highest BCUT2D eigenvalue weighted by Gasteiger charge is 2.30. The third-order valence-electron chi connectivity index (χ3n) is 4.04. The number of rotatable bonds is 4. The molecule has 0 unspecified atom stereocenters. The summed E-state index contributed by atoms with van der Waals surface area (Å²) < 4.78 is 1.94. The van der Waals surface area contributed by atoms with E-state index in [1.165, 1.54) is 0 Å². The third-order valence-corrected chi connectivity index (χ3v) is 4.04. The van der Waals surface area contributed by atoms with E-state index in [4.69, 9.17) is 5.11 Å². The zero-order valence-corrected chi connectivity index (χ0v) is 12.2. The minimum Gasteiger partial charge on any atom is -0.481 e. The van der Waals surface area contributed by atoms with E-state index in [1.54, 1.807) is 11.0 Å². The molecule has 1 aromatic carbocycles. The van der Waals surface area contributed by atoms with Gasteiger partial charge in [-0.25, -0.2) is 0 Å². The quantitative estimate of drug-likeness (QED) is 0.943. The van der Waals surface area contributed by atoms with Crippen LogP contribution >= 0.6 is 0 Å². The van der Waals surface area contributed by atoms with E-state index in [9.17, 15) is 9.59 Å². The number of amides is 1. The molecule has 0 aliphatic carbocycles. The van der Waals surface area contributed by atoms with Crippen LogP contribution in [0.2, 0.25) is 0 Å². The molecule has 0 saturated carbocycles. The largest absolute Gasteiger partial charge is 0.481 e. The van der Waals surface area contributed by atoms with E-state index in [0.717, 1.165) is 18.5 Å². The van der Waals surface area contributed by atoms with Crippen LogP contribution in [0.25, 0.3) is 5.69 Å². The maximum absolute atomic E-state index is 12.7. The van der Waals surface area contributed by atoms with Crippen molar-refractivity contribution in [2.24, 2.45) is 0 Å². The number of benzene rings is 1. The lowest BCUT2D eigenvalue weighted by atomic mass is 10.1. The predicted octanol–water partition coefficient (Wildman–Crippen LogP) is 2.56. The van der Waals surface area contributed by atoms with Gasteiger partial charge in [0.2, 0.25) is 0 Å². The van der Waals surface area contributed by atoms with Crippen LogP contribution in [-0.2, 0) is 4.79 Å². The molecule has 22 heavy (non-hydrogen) atoms. The first-order chi connectivity index (χ1) is 10.6. The van der Waals surface area contributed by atoms with Crippen LogP contribution in [-0.4, -0.2) is 39.0 Å². The molecule has 1 aromatic heterocycles. The van der Waals surface area contributed by atoms with E-state index < -0.39 is 5.97 Å². The Morgan fingerprint density at radius 1 is 1.18 bits per heavy atom. The molecule has 0 radical (unpaired) electrons. The van der Waals surface area contributed by atoms with E-state index in [1.807, 2.05) is 47.3 Å². The van der Waals surface area contributed by atoms with Gasteiger partial charge in [0.05, 0.1) is 6.42 Å². The summed E-state index contributed by atoms with van der Waals surface area (Å²) >= 11 is 0. The van der Waals surface area contributed by atoms with Crippen LogP contribution < -0.4 is 0 Å². The summed E-state index contributed by atoms with van der Waals surface area (Å²) in [5.41, 5.74) is 1.52. The van der Waals surface area contributed by atoms with Crippen LogP contribution in [0.1, 0.15) is 29.6 Å². The summed E-state index contributed by atoms with van der Waals surface area (Å²) in [5, 5.41) is 8.97. The third kappa shape index (κ3) is 2.88. The Hall–Kier alpha value is -2.56. The molecular weight excluding hydrogens is 280 g/mol. The maximum Gasteiger partial charge on any atom is 0.305 e. The zero-order valence-electron chi connectivity index (χ0n) is 12.2. The summed E-state index contributed by atoms with van der Waals surface area (Å²) in [6.45, 7) is 0.629. The van der Waals surface area contributed by atoms with Gasteiger partial charge in [0.25, 0.3) is 5.91 Å². The molecule has 1 N–H and O–H groups in total. The van der Waals surface area contributed by atoms with Crippen molar-refractivity contribution in [2.45, 2.75) is 25.3 Å². The zero-order chi connectivity index (χ0) is 15.5. The number of aromatic nitrogens is 1. The van der Waals surface area contributed by atoms with Crippen LogP contribution in [0.3, 0.4) is 0 Å². The highest BCUT2D eigenvalue weighted by Crippen LogP contribution is 2.23. The fourth-order valence-electron chi connectivity index (χ4n) is 2.99. The van der Waals surface area contributed by atoms with E-state index in [-0.39, 0.29) is 18.4 Å². The monoisotopic (exact) mass is 298 g/mol. The molecule has 1 atom stereocenters. The van der Waals surface area contributed by atoms with Crippen LogP contribution in [0.4, 0.5) is 0 Å². The summed E-state index contributed by atoms with van der Waals surface area (Å²) in [7, 11) is 0. The molecule has 1 fully saturated rings. The molecule has 5 heteroatoms. The fourth-order valence-corrected chi connectivity index (χ4v) is 2.99. The Kier molecular flexibility index (Phi) is 3.96. The van der Waals surface area contributed by atoms with Gasteiger partial charge in [-0.05, 0) is 43.2 Å². The lowest BCUT2D eigenvalue weighted by Crippen LogP contribution is -2.36. The van der Waals surface area contributed by atoms with Crippen LogP contribution in [0, 0.1) is 0 Å². The molecule has 0 bridgehead atoms. The molecule has 1 aliphatic rings. The number of carboxylic acid groups (broad SMARTS) is 1. The first kappa shape index (κ1) is 14.4. The van der Waals surface area contributed by atoms with E-state index in [2.05, 4.69) is 0 Å². The number of nitrogens with zero attached hydrogens (tertiary/aromatic N) is 2. The first-order valence-corrected chi connectivity index (χ1v) is 7.41. The number of hydrogen-bond donors (Lipinski definition) is 1. The highest BCUT2D eigenvalue weighted by molar-refractivity contribution is 5.95. The molecule has 3 rings (SSSR count). The van der Waals surface area contributed by atoms with Gasteiger partial charge in [0, 0.05) is 36.2 Å². The number of carbonyl (C=O) groups excluding carboxylic acids is 1. The van der Waals surface area contributed by atoms with E-state index >= 15 is 0 Å². The summed E-state index contributed by atoms with van der Waals surface area (Å²) in [4.78, 5) is 25.3. The average molecular weight is 298 g/mol. The number of hydrogen-bond acceptors (Lipinski definition) is 2. The molecular formula is C17H18N2O3. The molecule has 1 saturated heterocycles. The summed E-state index contributed by atoms with van der Waals surface area (Å²) in [5.74, 6) is -0.941. The van der Waals surface area contributed by atoms with Gasteiger partial charge in [-0.3, -0.25) is 9.59 Å². The minimum atomic E-state index is -0.856. The minimum absolute atomic E-state index is 0.0169. The molecule has 114 valence electrons. The lowest BCUT2D eigenvalue weighted by molar-refractivity contribution is -0.137. The molecule has 2 aromatic rings.